The van der Waals surface area contributed by atoms with Crippen molar-refractivity contribution in [1.29, 1.82) is 5.26 Å². The van der Waals surface area contributed by atoms with Crippen molar-refractivity contribution in [3.8, 4) is 11.8 Å². The van der Waals surface area contributed by atoms with Crippen molar-refractivity contribution < 1.29 is 14.3 Å². The number of nitrogens with zero attached hydrogens (tertiary/aromatic N) is 1. The number of hydrogen-bond donors (Lipinski definition) is 2. The summed E-state index contributed by atoms with van der Waals surface area (Å²) in [4.78, 5) is 21.9. The van der Waals surface area contributed by atoms with Crippen LogP contribution in [0.1, 0.15) is 13.3 Å². The van der Waals surface area contributed by atoms with Crippen molar-refractivity contribution >= 4 is 17.5 Å². The maximum Gasteiger partial charge on any atom is 0.238 e. The molecule has 0 atom stereocenters. The maximum atomic E-state index is 11.2. The largest absolute Gasteiger partial charge is 0.492 e. The van der Waals surface area contributed by atoms with E-state index in [1.807, 2.05) is 0 Å². The Labute approximate surface area is 111 Å². The Balaban J connectivity index is 2.46. The van der Waals surface area contributed by atoms with Crippen molar-refractivity contribution in [2.75, 3.05) is 18.5 Å². The van der Waals surface area contributed by atoms with Crippen LogP contribution < -0.4 is 15.4 Å². The average molecular weight is 261 g/mol. The molecule has 0 radical (unpaired) electrons. The average Bonchev–Trinajstić information content (AvgIpc) is 2.35. The molecule has 0 spiro atoms. The van der Waals surface area contributed by atoms with Crippen LogP contribution >= 0.6 is 0 Å². The van der Waals surface area contributed by atoms with Gasteiger partial charge in [-0.15, -0.1) is 0 Å². The first-order valence-corrected chi connectivity index (χ1v) is 5.76. The molecule has 0 fully saturated rings. The minimum Gasteiger partial charge on any atom is -0.492 e. The van der Waals surface area contributed by atoms with E-state index in [-0.39, 0.29) is 18.2 Å². The molecule has 0 aromatic heterocycles. The molecule has 0 aliphatic carbocycles. The van der Waals surface area contributed by atoms with Crippen molar-refractivity contribution in [3.05, 3.63) is 24.3 Å². The number of nitriles is 1. The van der Waals surface area contributed by atoms with E-state index in [0.717, 1.165) is 0 Å². The van der Waals surface area contributed by atoms with Gasteiger partial charge in [-0.1, -0.05) is 6.07 Å². The van der Waals surface area contributed by atoms with E-state index in [0.29, 0.717) is 24.6 Å². The lowest BCUT2D eigenvalue weighted by atomic mass is 10.3. The van der Waals surface area contributed by atoms with Crippen LogP contribution in [0, 0.1) is 11.3 Å². The molecule has 100 valence electrons. The van der Waals surface area contributed by atoms with E-state index in [1.165, 1.54) is 6.92 Å². The van der Waals surface area contributed by atoms with Gasteiger partial charge in [0.1, 0.15) is 18.8 Å². The molecule has 0 heterocycles. The summed E-state index contributed by atoms with van der Waals surface area (Å²) in [5.41, 5.74) is 0.567. The summed E-state index contributed by atoms with van der Waals surface area (Å²) in [6.45, 7) is 2.20. The van der Waals surface area contributed by atoms with Gasteiger partial charge < -0.3 is 15.4 Å². The van der Waals surface area contributed by atoms with Crippen LogP contribution in [0.4, 0.5) is 5.69 Å². The van der Waals surface area contributed by atoms with Gasteiger partial charge in [0.25, 0.3) is 0 Å². The van der Waals surface area contributed by atoms with Gasteiger partial charge >= 0.3 is 0 Å². The monoisotopic (exact) mass is 261 g/mol. The number of ether oxygens (including phenoxy) is 1. The number of carbonyl (C=O) groups excluding carboxylic acids is 2. The number of benzene rings is 1. The molecule has 1 aromatic carbocycles. The van der Waals surface area contributed by atoms with Gasteiger partial charge in [0.15, 0.2) is 0 Å². The van der Waals surface area contributed by atoms with Crippen LogP contribution in [0.5, 0.6) is 5.75 Å². The smallest absolute Gasteiger partial charge is 0.238 e. The van der Waals surface area contributed by atoms with Crippen LogP contribution in [0.3, 0.4) is 0 Å². The molecule has 0 saturated heterocycles. The standard InChI is InChI=1S/C13H15N3O3/c1-10(17)15-7-8-19-12-4-2-3-11(9-12)16-13(18)5-6-14/h2-4,9H,5,7-8H2,1H3,(H,15,17)(H,16,18). The third kappa shape index (κ3) is 6.07. The third-order valence-corrected chi connectivity index (χ3v) is 2.10. The van der Waals surface area contributed by atoms with E-state index in [4.69, 9.17) is 10.00 Å². The summed E-state index contributed by atoms with van der Waals surface area (Å²) in [6, 6.07) is 8.61. The maximum absolute atomic E-state index is 11.2. The zero-order chi connectivity index (χ0) is 14.1. The van der Waals surface area contributed by atoms with Crippen molar-refractivity contribution in [1.82, 2.24) is 5.32 Å². The topological polar surface area (TPSA) is 91.2 Å². The first-order chi connectivity index (χ1) is 9.11. The molecule has 0 bridgehead atoms. The normalized spacial score (nSPS) is 9.26. The molecule has 19 heavy (non-hydrogen) atoms. The number of anilines is 1. The highest BCUT2D eigenvalue weighted by Gasteiger charge is 2.02. The molecular weight excluding hydrogens is 246 g/mol. The Morgan fingerprint density at radius 2 is 2.21 bits per heavy atom. The number of carbonyl (C=O) groups is 2. The molecule has 1 rings (SSSR count). The number of hydrogen-bond acceptors (Lipinski definition) is 4. The van der Waals surface area contributed by atoms with Gasteiger partial charge in [0.2, 0.25) is 11.8 Å². The Hall–Kier alpha value is -2.55. The molecule has 0 unspecified atom stereocenters. The molecule has 0 saturated carbocycles. The summed E-state index contributed by atoms with van der Waals surface area (Å²) < 4.78 is 5.41. The molecule has 6 heteroatoms. The van der Waals surface area contributed by atoms with Gasteiger partial charge in [-0.2, -0.15) is 5.26 Å². The number of nitrogens with one attached hydrogen (secondary N) is 2. The second kappa shape index (κ2) is 7.71. The Morgan fingerprint density at radius 1 is 1.42 bits per heavy atom. The number of amides is 2. The van der Waals surface area contributed by atoms with E-state index < -0.39 is 0 Å². The highest BCUT2D eigenvalue weighted by molar-refractivity contribution is 5.92. The quantitative estimate of drug-likeness (QED) is 0.749. The van der Waals surface area contributed by atoms with Crippen LogP contribution in [0.25, 0.3) is 0 Å². The predicted octanol–water partition coefficient (Wildman–Crippen LogP) is 1.05. The predicted molar refractivity (Wildman–Crippen MR) is 69.5 cm³/mol. The second-order valence-electron chi connectivity index (χ2n) is 3.74. The van der Waals surface area contributed by atoms with Crippen LogP contribution in [0.2, 0.25) is 0 Å². The van der Waals surface area contributed by atoms with Gasteiger partial charge in [0, 0.05) is 18.7 Å². The Kier molecular flexibility index (Phi) is 5.89. The highest BCUT2D eigenvalue weighted by Crippen LogP contribution is 2.17. The van der Waals surface area contributed by atoms with Crippen molar-refractivity contribution in [3.63, 3.8) is 0 Å². The summed E-state index contributed by atoms with van der Waals surface area (Å²) in [5, 5.41) is 13.6. The van der Waals surface area contributed by atoms with Crippen molar-refractivity contribution in [2.24, 2.45) is 0 Å². The lowest BCUT2D eigenvalue weighted by molar-refractivity contribution is -0.119. The lowest BCUT2D eigenvalue weighted by Gasteiger charge is -2.08. The van der Waals surface area contributed by atoms with Gasteiger partial charge in [-0.05, 0) is 12.1 Å². The molecule has 0 aliphatic rings. The number of rotatable bonds is 6. The van der Waals surface area contributed by atoms with E-state index in [9.17, 15) is 9.59 Å². The summed E-state index contributed by atoms with van der Waals surface area (Å²) in [7, 11) is 0. The fourth-order valence-corrected chi connectivity index (χ4v) is 1.34. The summed E-state index contributed by atoms with van der Waals surface area (Å²) in [5.74, 6) is 0.110. The van der Waals surface area contributed by atoms with Gasteiger partial charge in [-0.25, -0.2) is 0 Å². The van der Waals surface area contributed by atoms with Crippen molar-refractivity contribution in [2.45, 2.75) is 13.3 Å². The molecule has 2 N–H and O–H groups in total. The fourth-order valence-electron chi connectivity index (χ4n) is 1.34. The molecule has 6 nitrogen and oxygen atoms in total. The first kappa shape index (κ1) is 14.5. The minimum atomic E-state index is -0.363. The third-order valence-electron chi connectivity index (χ3n) is 2.10. The Bertz CT molecular complexity index is 494. The van der Waals surface area contributed by atoms with Gasteiger partial charge in [0.05, 0.1) is 12.6 Å². The minimum absolute atomic E-state index is 0.110. The molecular formula is C13H15N3O3. The van der Waals surface area contributed by atoms with Crippen LogP contribution in [-0.4, -0.2) is 25.0 Å². The second-order valence-corrected chi connectivity index (χ2v) is 3.74. The van der Waals surface area contributed by atoms with E-state index in [1.54, 1.807) is 30.3 Å². The summed E-state index contributed by atoms with van der Waals surface area (Å²) >= 11 is 0. The highest BCUT2D eigenvalue weighted by atomic mass is 16.5. The zero-order valence-electron chi connectivity index (χ0n) is 10.6. The van der Waals surface area contributed by atoms with E-state index >= 15 is 0 Å². The Morgan fingerprint density at radius 3 is 2.89 bits per heavy atom. The van der Waals surface area contributed by atoms with E-state index in [2.05, 4.69) is 10.6 Å². The van der Waals surface area contributed by atoms with Gasteiger partial charge in [-0.3, -0.25) is 9.59 Å². The first-order valence-electron chi connectivity index (χ1n) is 5.76. The van der Waals surface area contributed by atoms with Crippen LogP contribution in [0.15, 0.2) is 24.3 Å². The zero-order valence-corrected chi connectivity index (χ0v) is 10.6. The summed E-state index contributed by atoms with van der Waals surface area (Å²) in [6.07, 6.45) is -0.187. The fraction of sp³-hybridized carbons (Fsp3) is 0.308. The molecule has 2 amide bonds. The molecule has 1 aromatic rings. The van der Waals surface area contributed by atoms with Crippen LogP contribution in [-0.2, 0) is 9.59 Å². The lowest BCUT2D eigenvalue weighted by Crippen LogP contribution is -2.25. The SMILES string of the molecule is CC(=O)NCCOc1cccc(NC(=O)CC#N)c1. The molecule has 0 aliphatic heterocycles.